The van der Waals surface area contributed by atoms with E-state index in [4.69, 9.17) is 9.84 Å². The predicted molar refractivity (Wildman–Crippen MR) is 64.3 cm³/mol. The maximum Gasteiger partial charge on any atom is 0.407 e. The molecule has 0 unspecified atom stereocenters. The molecule has 0 fully saturated rings. The Kier molecular flexibility index (Phi) is 3.22. The van der Waals surface area contributed by atoms with Crippen molar-refractivity contribution in [3.05, 3.63) is 29.3 Å². The van der Waals surface area contributed by atoms with Gasteiger partial charge >= 0.3 is 6.09 Å². The summed E-state index contributed by atoms with van der Waals surface area (Å²) in [4.78, 5) is 12.4. The molecule has 0 atom stereocenters. The number of nitrogens with zero attached hydrogens (tertiary/aromatic N) is 1. The lowest BCUT2D eigenvalue weighted by atomic mass is 10.00. The average Bonchev–Trinajstić information content (AvgIpc) is 2.27. The number of benzene rings is 1. The molecule has 0 aliphatic carbocycles. The fraction of sp³-hybridized carbons (Fsp3) is 0.462. The van der Waals surface area contributed by atoms with E-state index in [9.17, 15) is 4.79 Å². The topological polar surface area (TPSA) is 49.8 Å². The van der Waals surface area contributed by atoms with Crippen LogP contribution in [0, 0.1) is 0 Å². The molecule has 0 spiro atoms. The fourth-order valence-electron chi connectivity index (χ4n) is 2.04. The highest BCUT2D eigenvalue weighted by molar-refractivity contribution is 5.65. The van der Waals surface area contributed by atoms with Gasteiger partial charge in [-0.3, -0.25) is 0 Å². The van der Waals surface area contributed by atoms with Gasteiger partial charge in [0, 0.05) is 13.1 Å². The fourth-order valence-corrected chi connectivity index (χ4v) is 2.04. The van der Waals surface area contributed by atoms with Crippen LogP contribution in [0.2, 0.25) is 0 Å². The van der Waals surface area contributed by atoms with Gasteiger partial charge in [-0.05, 0) is 43.5 Å². The summed E-state index contributed by atoms with van der Waals surface area (Å²) < 4.78 is 5.61. The van der Waals surface area contributed by atoms with Crippen LogP contribution in [0.1, 0.15) is 25.0 Å². The molecule has 0 saturated carbocycles. The van der Waals surface area contributed by atoms with E-state index in [-0.39, 0.29) is 6.10 Å². The van der Waals surface area contributed by atoms with Gasteiger partial charge in [0.25, 0.3) is 0 Å². The highest BCUT2D eigenvalue weighted by atomic mass is 16.5. The van der Waals surface area contributed by atoms with Gasteiger partial charge in [-0.2, -0.15) is 0 Å². The largest absolute Gasteiger partial charge is 0.491 e. The summed E-state index contributed by atoms with van der Waals surface area (Å²) in [5, 5.41) is 8.97. The van der Waals surface area contributed by atoms with Crippen LogP contribution in [0.4, 0.5) is 4.79 Å². The monoisotopic (exact) mass is 235 g/mol. The van der Waals surface area contributed by atoms with Crippen molar-refractivity contribution in [3.63, 3.8) is 0 Å². The van der Waals surface area contributed by atoms with Crippen molar-refractivity contribution in [2.75, 3.05) is 6.54 Å². The van der Waals surface area contributed by atoms with Gasteiger partial charge in [0.1, 0.15) is 5.75 Å². The highest BCUT2D eigenvalue weighted by Crippen LogP contribution is 2.24. The van der Waals surface area contributed by atoms with Gasteiger partial charge in [0.2, 0.25) is 0 Å². The second-order valence-corrected chi connectivity index (χ2v) is 4.55. The molecule has 1 aromatic carbocycles. The number of rotatable bonds is 2. The Bertz CT molecular complexity index is 429. The summed E-state index contributed by atoms with van der Waals surface area (Å²) in [5.41, 5.74) is 2.27. The van der Waals surface area contributed by atoms with Gasteiger partial charge < -0.3 is 14.7 Å². The number of fused-ring (bicyclic) bond motifs is 1. The van der Waals surface area contributed by atoms with E-state index in [0.717, 1.165) is 17.7 Å². The van der Waals surface area contributed by atoms with Crippen LogP contribution < -0.4 is 4.74 Å². The summed E-state index contributed by atoms with van der Waals surface area (Å²) >= 11 is 0. The molecule has 1 amide bonds. The maximum absolute atomic E-state index is 10.9. The van der Waals surface area contributed by atoms with E-state index in [2.05, 4.69) is 0 Å². The van der Waals surface area contributed by atoms with Crippen molar-refractivity contribution >= 4 is 6.09 Å². The lowest BCUT2D eigenvalue weighted by molar-refractivity contribution is 0.139. The van der Waals surface area contributed by atoms with Crippen LogP contribution >= 0.6 is 0 Å². The Morgan fingerprint density at radius 1 is 1.41 bits per heavy atom. The van der Waals surface area contributed by atoms with E-state index < -0.39 is 6.09 Å². The van der Waals surface area contributed by atoms with Crippen molar-refractivity contribution in [2.45, 2.75) is 32.9 Å². The van der Waals surface area contributed by atoms with Gasteiger partial charge in [-0.25, -0.2) is 4.79 Å². The van der Waals surface area contributed by atoms with E-state index in [1.807, 2.05) is 32.0 Å². The molecule has 0 bridgehead atoms. The third-order valence-electron chi connectivity index (χ3n) is 2.83. The normalized spacial score (nSPS) is 14.6. The first-order valence-corrected chi connectivity index (χ1v) is 5.82. The molecule has 0 radical (unpaired) electrons. The summed E-state index contributed by atoms with van der Waals surface area (Å²) in [5.74, 6) is 0.811. The molecule has 1 aromatic rings. The molecule has 4 heteroatoms. The second kappa shape index (κ2) is 4.65. The molecule has 0 aromatic heterocycles. The van der Waals surface area contributed by atoms with E-state index >= 15 is 0 Å². The van der Waals surface area contributed by atoms with Crippen molar-refractivity contribution in [1.29, 1.82) is 0 Å². The quantitative estimate of drug-likeness (QED) is 0.856. The minimum Gasteiger partial charge on any atom is -0.491 e. The zero-order valence-corrected chi connectivity index (χ0v) is 10.1. The number of ether oxygens (including phenoxy) is 1. The highest BCUT2D eigenvalue weighted by Gasteiger charge is 2.20. The van der Waals surface area contributed by atoms with Crippen LogP contribution in [0.15, 0.2) is 18.2 Å². The molecule has 1 N–H and O–H groups in total. The van der Waals surface area contributed by atoms with Crippen molar-refractivity contribution in [2.24, 2.45) is 0 Å². The Labute approximate surface area is 101 Å². The third-order valence-corrected chi connectivity index (χ3v) is 2.83. The summed E-state index contributed by atoms with van der Waals surface area (Å²) in [6.07, 6.45) is 0.0573. The molecule has 2 rings (SSSR count). The Balaban J connectivity index is 2.19. The molecule has 17 heavy (non-hydrogen) atoms. The lowest BCUT2D eigenvalue weighted by Gasteiger charge is -2.26. The molecule has 1 heterocycles. The van der Waals surface area contributed by atoms with Gasteiger partial charge in [-0.1, -0.05) is 6.07 Å². The molecule has 0 saturated heterocycles. The zero-order valence-electron chi connectivity index (χ0n) is 10.1. The maximum atomic E-state index is 10.9. The molecule has 4 nitrogen and oxygen atoms in total. The Morgan fingerprint density at radius 2 is 2.18 bits per heavy atom. The first-order valence-electron chi connectivity index (χ1n) is 5.82. The first kappa shape index (κ1) is 11.8. The molecule has 1 aliphatic rings. The van der Waals surface area contributed by atoms with Gasteiger partial charge in [0.15, 0.2) is 0 Å². The van der Waals surface area contributed by atoms with Crippen LogP contribution in [0.5, 0.6) is 5.75 Å². The minimum absolute atomic E-state index is 0.132. The van der Waals surface area contributed by atoms with E-state index in [0.29, 0.717) is 13.1 Å². The summed E-state index contributed by atoms with van der Waals surface area (Å²) in [6.45, 7) is 4.98. The molecular formula is C13H17NO3. The number of carboxylic acid groups (broad SMARTS) is 1. The van der Waals surface area contributed by atoms with E-state index in [1.165, 1.54) is 10.5 Å². The molecular weight excluding hydrogens is 218 g/mol. The second-order valence-electron chi connectivity index (χ2n) is 4.55. The number of carbonyl (C=O) groups is 1. The van der Waals surface area contributed by atoms with Crippen LogP contribution in [0.25, 0.3) is 0 Å². The molecule has 92 valence electrons. The summed E-state index contributed by atoms with van der Waals surface area (Å²) in [7, 11) is 0. The lowest BCUT2D eigenvalue weighted by Crippen LogP contribution is -2.34. The SMILES string of the molecule is CC(C)Oc1ccc2c(c1)CN(C(=O)O)CC2. The van der Waals surface area contributed by atoms with E-state index in [1.54, 1.807) is 0 Å². The average molecular weight is 235 g/mol. The van der Waals surface area contributed by atoms with Crippen LogP contribution in [-0.4, -0.2) is 28.7 Å². The number of amides is 1. The standard InChI is InChI=1S/C13H17NO3/c1-9(2)17-12-4-3-10-5-6-14(13(15)16)8-11(10)7-12/h3-4,7,9H,5-6,8H2,1-2H3,(H,15,16). The summed E-state index contributed by atoms with van der Waals surface area (Å²) in [6, 6.07) is 5.94. The van der Waals surface area contributed by atoms with Crippen molar-refractivity contribution in [3.8, 4) is 5.75 Å². The van der Waals surface area contributed by atoms with Crippen LogP contribution in [0.3, 0.4) is 0 Å². The number of hydrogen-bond acceptors (Lipinski definition) is 2. The van der Waals surface area contributed by atoms with Gasteiger partial charge in [0.05, 0.1) is 6.10 Å². The van der Waals surface area contributed by atoms with Crippen LogP contribution in [-0.2, 0) is 13.0 Å². The zero-order chi connectivity index (χ0) is 12.4. The smallest absolute Gasteiger partial charge is 0.407 e. The molecule has 1 aliphatic heterocycles. The Morgan fingerprint density at radius 3 is 2.82 bits per heavy atom. The van der Waals surface area contributed by atoms with Crippen molar-refractivity contribution in [1.82, 2.24) is 4.90 Å². The van der Waals surface area contributed by atoms with Crippen molar-refractivity contribution < 1.29 is 14.6 Å². The third kappa shape index (κ3) is 2.70. The minimum atomic E-state index is -0.856. The Hall–Kier alpha value is -1.71. The number of hydrogen-bond donors (Lipinski definition) is 1. The van der Waals surface area contributed by atoms with Gasteiger partial charge in [-0.15, -0.1) is 0 Å². The first-order chi connectivity index (χ1) is 8.06. The predicted octanol–water partition coefficient (Wildman–Crippen LogP) is 2.51.